The predicted octanol–water partition coefficient (Wildman–Crippen LogP) is 1.22. The lowest BCUT2D eigenvalue weighted by molar-refractivity contribution is -0.146. The molecule has 146 valence electrons. The Balaban J connectivity index is 1.76. The third kappa shape index (κ3) is 3.43. The van der Waals surface area contributed by atoms with E-state index in [0.29, 0.717) is 0 Å². The average Bonchev–Trinajstić information content (AvgIpc) is 3.28. The second kappa shape index (κ2) is 7.30. The maximum atomic E-state index is 13.1. The van der Waals surface area contributed by atoms with Gasteiger partial charge in [-0.15, -0.1) is 11.3 Å². The van der Waals surface area contributed by atoms with Gasteiger partial charge in [0.15, 0.2) is 5.54 Å². The number of nitrogens with zero attached hydrogens (tertiary/aromatic N) is 1. The fourth-order valence-electron chi connectivity index (χ4n) is 3.39. The molecule has 2 unspecified atom stereocenters. The van der Waals surface area contributed by atoms with Crippen molar-refractivity contribution in [1.29, 1.82) is 0 Å². The van der Waals surface area contributed by atoms with E-state index in [1.165, 1.54) is 18.4 Å². The molecular weight excluding hydrogens is 370 g/mol. The summed E-state index contributed by atoms with van der Waals surface area (Å²) in [5.74, 6) is -1.71. The van der Waals surface area contributed by atoms with Crippen molar-refractivity contribution in [1.82, 2.24) is 15.5 Å². The van der Waals surface area contributed by atoms with Gasteiger partial charge in [0.1, 0.15) is 12.6 Å². The Labute approximate surface area is 161 Å². The largest absolute Gasteiger partial charge is 0.467 e. The third-order valence-corrected chi connectivity index (χ3v) is 5.98. The molecule has 4 amide bonds. The SMILES string of the molecule is COC(=O)C(NC(=O)CN1C(=O)NC(c2cccs2)(C2CC2)C1=O)C(C)C. The molecule has 1 aliphatic heterocycles. The van der Waals surface area contributed by atoms with Gasteiger partial charge in [-0.2, -0.15) is 0 Å². The summed E-state index contributed by atoms with van der Waals surface area (Å²) < 4.78 is 4.70. The highest BCUT2D eigenvalue weighted by Crippen LogP contribution is 2.50. The van der Waals surface area contributed by atoms with Crippen LogP contribution in [0.25, 0.3) is 0 Å². The lowest BCUT2D eigenvalue weighted by Crippen LogP contribution is -2.50. The molecule has 1 aromatic rings. The van der Waals surface area contributed by atoms with Crippen LogP contribution in [0.3, 0.4) is 0 Å². The van der Waals surface area contributed by atoms with E-state index >= 15 is 0 Å². The standard InChI is InChI=1S/C18H23N3O5S/c1-10(2)14(15(23)26-3)19-13(22)9-21-16(24)18(11-6-7-11,20-17(21)25)12-5-4-8-27-12/h4-5,8,10-11,14H,6-7,9H2,1-3H3,(H,19,22)(H,20,25). The van der Waals surface area contributed by atoms with E-state index in [0.717, 1.165) is 22.6 Å². The molecule has 0 spiro atoms. The first-order valence-electron chi connectivity index (χ1n) is 8.86. The number of nitrogens with one attached hydrogen (secondary N) is 2. The summed E-state index contributed by atoms with van der Waals surface area (Å²) in [6.07, 6.45) is 1.70. The van der Waals surface area contributed by atoms with Crippen LogP contribution in [-0.4, -0.2) is 48.4 Å². The smallest absolute Gasteiger partial charge is 0.328 e. The van der Waals surface area contributed by atoms with Gasteiger partial charge in [0.05, 0.1) is 7.11 Å². The molecule has 9 heteroatoms. The Hall–Kier alpha value is -2.42. The van der Waals surface area contributed by atoms with Crippen molar-refractivity contribution in [3.05, 3.63) is 22.4 Å². The molecule has 2 N–H and O–H groups in total. The molecule has 1 saturated heterocycles. The summed E-state index contributed by atoms with van der Waals surface area (Å²) in [6.45, 7) is 3.10. The summed E-state index contributed by atoms with van der Waals surface area (Å²) in [5, 5.41) is 7.24. The van der Waals surface area contributed by atoms with Gasteiger partial charge in [0, 0.05) is 4.88 Å². The molecule has 0 radical (unpaired) electrons. The molecule has 2 fully saturated rings. The average molecular weight is 393 g/mol. The van der Waals surface area contributed by atoms with Crippen LogP contribution in [0.15, 0.2) is 17.5 Å². The second-order valence-electron chi connectivity index (χ2n) is 7.19. The Morgan fingerprint density at radius 3 is 2.63 bits per heavy atom. The first kappa shape index (κ1) is 19.3. The van der Waals surface area contributed by atoms with Crippen molar-refractivity contribution < 1.29 is 23.9 Å². The Morgan fingerprint density at radius 2 is 2.11 bits per heavy atom. The molecule has 1 aromatic heterocycles. The molecule has 8 nitrogen and oxygen atoms in total. The van der Waals surface area contributed by atoms with Crippen molar-refractivity contribution in [2.75, 3.05) is 13.7 Å². The van der Waals surface area contributed by atoms with E-state index in [4.69, 9.17) is 4.74 Å². The van der Waals surface area contributed by atoms with Gasteiger partial charge in [-0.05, 0) is 36.1 Å². The highest BCUT2D eigenvalue weighted by Gasteiger charge is 2.61. The van der Waals surface area contributed by atoms with E-state index in [1.54, 1.807) is 13.8 Å². The highest BCUT2D eigenvalue weighted by molar-refractivity contribution is 7.10. The topological polar surface area (TPSA) is 105 Å². The zero-order chi connectivity index (χ0) is 19.8. The molecule has 0 bridgehead atoms. The Kier molecular flexibility index (Phi) is 5.23. The number of carbonyl (C=O) groups is 4. The van der Waals surface area contributed by atoms with E-state index in [1.807, 2.05) is 17.5 Å². The van der Waals surface area contributed by atoms with Gasteiger partial charge >= 0.3 is 12.0 Å². The molecule has 27 heavy (non-hydrogen) atoms. The molecule has 2 aliphatic rings. The number of esters is 1. The normalized spacial score (nSPS) is 23.3. The van der Waals surface area contributed by atoms with Crippen molar-refractivity contribution in [3.63, 3.8) is 0 Å². The minimum absolute atomic E-state index is 0.0409. The number of amides is 4. The number of ether oxygens (including phenoxy) is 1. The molecule has 1 aliphatic carbocycles. The van der Waals surface area contributed by atoms with Crippen LogP contribution < -0.4 is 10.6 Å². The number of urea groups is 1. The van der Waals surface area contributed by atoms with Crippen LogP contribution in [0.5, 0.6) is 0 Å². The summed E-state index contributed by atoms with van der Waals surface area (Å²) in [4.78, 5) is 51.6. The minimum atomic E-state index is -1.08. The number of thiophene rings is 1. The molecule has 2 atom stereocenters. The Morgan fingerprint density at radius 1 is 1.41 bits per heavy atom. The molecule has 0 aromatic carbocycles. The highest BCUT2D eigenvalue weighted by atomic mass is 32.1. The van der Waals surface area contributed by atoms with Gasteiger partial charge in [-0.25, -0.2) is 9.59 Å². The maximum Gasteiger partial charge on any atom is 0.328 e. The van der Waals surface area contributed by atoms with Gasteiger partial charge < -0.3 is 15.4 Å². The quantitative estimate of drug-likeness (QED) is 0.535. The van der Waals surface area contributed by atoms with Gasteiger partial charge in [0.25, 0.3) is 5.91 Å². The lowest BCUT2D eigenvalue weighted by Gasteiger charge is -2.25. The minimum Gasteiger partial charge on any atom is -0.467 e. The second-order valence-corrected chi connectivity index (χ2v) is 8.14. The fourth-order valence-corrected chi connectivity index (χ4v) is 4.34. The molecule has 3 rings (SSSR count). The monoisotopic (exact) mass is 393 g/mol. The van der Waals surface area contributed by atoms with Gasteiger partial charge in [0.2, 0.25) is 5.91 Å². The van der Waals surface area contributed by atoms with Crippen molar-refractivity contribution in [3.8, 4) is 0 Å². The van der Waals surface area contributed by atoms with E-state index in [2.05, 4.69) is 10.6 Å². The molecular formula is C18H23N3O5S. The number of carbonyl (C=O) groups excluding carboxylic acids is 4. The van der Waals surface area contributed by atoms with Crippen LogP contribution in [-0.2, 0) is 24.7 Å². The van der Waals surface area contributed by atoms with Crippen LogP contribution in [0, 0.1) is 11.8 Å². The van der Waals surface area contributed by atoms with Gasteiger partial charge in [-0.3, -0.25) is 14.5 Å². The number of hydrogen-bond acceptors (Lipinski definition) is 6. The van der Waals surface area contributed by atoms with Crippen molar-refractivity contribution in [2.24, 2.45) is 11.8 Å². The fraction of sp³-hybridized carbons (Fsp3) is 0.556. The van der Waals surface area contributed by atoms with Crippen LogP contribution in [0.4, 0.5) is 4.79 Å². The number of methoxy groups -OCH3 is 1. The van der Waals surface area contributed by atoms with E-state index in [9.17, 15) is 19.2 Å². The zero-order valence-electron chi connectivity index (χ0n) is 15.5. The van der Waals surface area contributed by atoms with Gasteiger partial charge in [-0.1, -0.05) is 19.9 Å². The first-order chi connectivity index (χ1) is 12.8. The van der Waals surface area contributed by atoms with Crippen molar-refractivity contribution >= 4 is 35.2 Å². The third-order valence-electron chi connectivity index (χ3n) is 4.97. The van der Waals surface area contributed by atoms with E-state index < -0.39 is 41.9 Å². The first-order valence-corrected chi connectivity index (χ1v) is 9.74. The molecule has 2 heterocycles. The number of rotatable bonds is 7. The number of imide groups is 1. The predicted molar refractivity (Wildman–Crippen MR) is 97.8 cm³/mol. The zero-order valence-corrected chi connectivity index (χ0v) is 16.3. The van der Waals surface area contributed by atoms with Crippen LogP contribution >= 0.6 is 11.3 Å². The van der Waals surface area contributed by atoms with E-state index in [-0.39, 0.29) is 11.8 Å². The maximum absolute atomic E-state index is 13.1. The molecule has 1 saturated carbocycles. The summed E-state index contributed by atoms with van der Waals surface area (Å²) >= 11 is 1.41. The number of hydrogen-bond donors (Lipinski definition) is 2. The lowest BCUT2D eigenvalue weighted by atomic mass is 9.91. The summed E-state index contributed by atoms with van der Waals surface area (Å²) in [5.41, 5.74) is -1.08. The van der Waals surface area contributed by atoms with Crippen LogP contribution in [0.1, 0.15) is 31.6 Å². The summed E-state index contributed by atoms with van der Waals surface area (Å²) in [7, 11) is 1.24. The van der Waals surface area contributed by atoms with Crippen molar-refractivity contribution in [2.45, 2.75) is 38.3 Å². The van der Waals surface area contributed by atoms with Crippen LogP contribution in [0.2, 0.25) is 0 Å². The Bertz CT molecular complexity index is 759. The summed E-state index contributed by atoms with van der Waals surface area (Å²) in [6, 6.07) is 2.24.